The number of nitrogens with one attached hydrogen (secondary N) is 1. The lowest BCUT2D eigenvalue weighted by Crippen LogP contribution is -3.12. The number of aryl methyl sites for hydroxylation is 1. The maximum atomic E-state index is 12.1. The molecule has 0 saturated heterocycles. The lowest BCUT2D eigenvalue weighted by atomic mass is 10.0. The lowest BCUT2D eigenvalue weighted by Gasteiger charge is -2.26. The largest absolute Gasteiger partial charge is 0.445 e. The van der Waals surface area contributed by atoms with Gasteiger partial charge >= 0.3 is 5.63 Å². The van der Waals surface area contributed by atoms with Gasteiger partial charge in [-0.1, -0.05) is 37.1 Å². The minimum atomic E-state index is -0.278. The van der Waals surface area contributed by atoms with Crippen LogP contribution in [-0.2, 0) is 19.4 Å². The highest BCUT2D eigenvalue weighted by molar-refractivity contribution is 6.30. The summed E-state index contributed by atoms with van der Waals surface area (Å²) in [4.78, 5) is 13.5. The first-order valence-electron chi connectivity index (χ1n) is 9.93. The smallest absolute Gasteiger partial charge is 0.336 e. The van der Waals surface area contributed by atoms with E-state index in [0.29, 0.717) is 12.3 Å². The number of unbranched alkanes of at least 4 members (excludes halogenated alkanes) is 1. The number of fused-ring (bicyclic) bond motifs is 3. The number of halogens is 1. The molecule has 5 heteroatoms. The van der Waals surface area contributed by atoms with Crippen molar-refractivity contribution in [3.05, 3.63) is 74.6 Å². The van der Waals surface area contributed by atoms with Gasteiger partial charge in [0.2, 0.25) is 6.73 Å². The molecular weight excluding hydrogens is 374 g/mol. The highest BCUT2D eigenvalue weighted by atomic mass is 35.5. The molecule has 0 aliphatic carbocycles. The first-order valence-corrected chi connectivity index (χ1v) is 10.3. The number of hydrogen-bond donors (Lipinski definition) is 1. The maximum absolute atomic E-state index is 12.1. The number of quaternary nitrogens is 1. The quantitative estimate of drug-likeness (QED) is 0.643. The van der Waals surface area contributed by atoms with E-state index in [0.717, 1.165) is 66.1 Å². The molecule has 0 fully saturated rings. The van der Waals surface area contributed by atoms with Crippen LogP contribution in [0.3, 0.4) is 0 Å². The number of rotatable bonds is 6. The van der Waals surface area contributed by atoms with Crippen LogP contribution in [0.2, 0.25) is 5.02 Å². The molecule has 28 heavy (non-hydrogen) atoms. The molecule has 1 N–H and O–H groups in total. The SMILES string of the molecule is CCCCc1cc(=O)oc2c3c(ccc12)OC[NH+](CCc1ccc(Cl)cc1)C3. The fraction of sp³-hybridized carbons (Fsp3) is 0.348. The van der Waals surface area contributed by atoms with Crippen LogP contribution in [0.1, 0.15) is 36.5 Å². The Morgan fingerprint density at radius 3 is 2.71 bits per heavy atom. The summed E-state index contributed by atoms with van der Waals surface area (Å²) in [6.07, 6.45) is 4.00. The van der Waals surface area contributed by atoms with Crippen molar-refractivity contribution in [1.29, 1.82) is 0 Å². The monoisotopic (exact) mass is 398 g/mol. The van der Waals surface area contributed by atoms with Gasteiger partial charge in [-0.25, -0.2) is 4.79 Å². The van der Waals surface area contributed by atoms with Crippen molar-refractivity contribution in [2.45, 2.75) is 39.2 Å². The predicted molar refractivity (Wildman–Crippen MR) is 111 cm³/mol. The fourth-order valence-electron chi connectivity index (χ4n) is 3.82. The van der Waals surface area contributed by atoms with Crippen LogP contribution in [0.25, 0.3) is 11.0 Å². The second-order valence-corrected chi connectivity index (χ2v) is 7.89. The Morgan fingerprint density at radius 2 is 1.93 bits per heavy atom. The third kappa shape index (κ3) is 4.08. The topological polar surface area (TPSA) is 43.9 Å². The molecule has 3 aromatic rings. The van der Waals surface area contributed by atoms with Crippen molar-refractivity contribution in [1.82, 2.24) is 0 Å². The molecule has 0 radical (unpaired) electrons. The van der Waals surface area contributed by atoms with Gasteiger partial charge in [0, 0.05) is 22.9 Å². The molecule has 2 aromatic carbocycles. The van der Waals surface area contributed by atoms with Crippen LogP contribution in [0.4, 0.5) is 0 Å². The summed E-state index contributed by atoms with van der Waals surface area (Å²) >= 11 is 5.97. The molecule has 0 spiro atoms. The zero-order chi connectivity index (χ0) is 19.5. The van der Waals surface area contributed by atoms with Gasteiger partial charge in [-0.2, -0.15) is 0 Å². The lowest BCUT2D eigenvalue weighted by molar-refractivity contribution is -0.932. The summed E-state index contributed by atoms with van der Waals surface area (Å²) in [5.74, 6) is 0.832. The molecule has 0 amide bonds. The summed E-state index contributed by atoms with van der Waals surface area (Å²) in [5.41, 5.74) is 3.75. The van der Waals surface area contributed by atoms with Crippen molar-refractivity contribution in [3.63, 3.8) is 0 Å². The molecule has 4 nitrogen and oxygen atoms in total. The van der Waals surface area contributed by atoms with Crippen molar-refractivity contribution < 1.29 is 14.1 Å². The molecule has 1 atom stereocenters. The van der Waals surface area contributed by atoms with Crippen molar-refractivity contribution in [3.8, 4) is 5.75 Å². The number of hydrogen-bond acceptors (Lipinski definition) is 3. The van der Waals surface area contributed by atoms with E-state index in [-0.39, 0.29) is 5.63 Å². The minimum absolute atomic E-state index is 0.278. The van der Waals surface area contributed by atoms with E-state index < -0.39 is 0 Å². The van der Waals surface area contributed by atoms with E-state index in [4.69, 9.17) is 20.8 Å². The van der Waals surface area contributed by atoms with Crippen LogP contribution in [0.15, 0.2) is 51.7 Å². The number of benzene rings is 2. The Bertz CT molecular complexity index is 1030. The van der Waals surface area contributed by atoms with E-state index in [9.17, 15) is 4.79 Å². The van der Waals surface area contributed by atoms with Gasteiger partial charge in [-0.3, -0.25) is 4.90 Å². The first kappa shape index (κ1) is 19.0. The minimum Gasteiger partial charge on any atom is -0.445 e. The van der Waals surface area contributed by atoms with Gasteiger partial charge in [0.25, 0.3) is 0 Å². The van der Waals surface area contributed by atoms with Crippen LogP contribution < -0.4 is 15.3 Å². The zero-order valence-corrected chi connectivity index (χ0v) is 16.8. The van der Waals surface area contributed by atoms with E-state index >= 15 is 0 Å². The Morgan fingerprint density at radius 1 is 1.11 bits per heavy atom. The molecule has 0 bridgehead atoms. The van der Waals surface area contributed by atoms with Crippen molar-refractivity contribution >= 4 is 22.6 Å². The summed E-state index contributed by atoms with van der Waals surface area (Å²) in [5, 5.41) is 1.79. The third-order valence-electron chi connectivity index (χ3n) is 5.40. The van der Waals surface area contributed by atoms with Crippen LogP contribution in [0, 0.1) is 0 Å². The molecule has 4 rings (SSSR count). The molecule has 1 aromatic heterocycles. The predicted octanol–water partition coefficient (Wildman–Crippen LogP) is 3.77. The van der Waals surface area contributed by atoms with Gasteiger partial charge in [0.1, 0.15) is 12.3 Å². The Labute approximate surface area is 169 Å². The van der Waals surface area contributed by atoms with Crippen LogP contribution >= 0.6 is 11.6 Å². The molecule has 1 aliphatic rings. The average molecular weight is 399 g/mol. The Kier molecular flexibility index (Phi) is 5.69. The first-order chi connectivity index (χ1) is 13.6. The highest BCUT2D eigenvalue weighted by Crippen LogP contribution is 2.30. The van der Waals surface area contributed by atoms with Gasteiger partial charge in [-0.05, 0) is 48.2 Å². The average Bonchev–Trinajstić information content (AvgIpc) is 2.71. The summed E-state index contributed by atoms with van der Waals surface area (Å²) in [6.45, 7) is 4.51. The van der Waals surface area contributed by atoms with Gasteiger partial charge in [0.05, 0.1) is 12.1 Å². The Hall–Kier alpha value is -2.30. The van der Waals surface area contributed by atoms with E-state index in [1.165, 1.54) is 10.5 Å². The van der Waals surface area contributed by atoms with Gasteiger partial charge in [-0.15, -0.1) is 0 Å². The Balaban J connectivity index is 1.58. The second kappa shape index (κ2) is 8.38. The van der Waals surface area contributed by atoms with Crippen LogP contribution in [0.5, 0.6) is 5.75 Å². The second-order valence-electron chi connectivity index (χ2n) is 7.46. The summed E-state index contributed by atoms with van der Waals surface area (Å²) in [6, 6.07) is 13.7. The van der Waals surface area contributed by atoms with E-state index in [1.807, 2.05) is 24.3 Å². The molecular formula is C23H25ClNO3+. The van der Waals surface area contributed by atoms with E-state index in [2.05, 4.69) is 19.1 Å². The standard InChI is InChI=1S/C23H24ClNO3/c1-2-3-4-17-13-22(26)28-23-19(17)9-10-21-20(23)14-25(15-27-21)12-11-16-5-7-18(24)8-6-16/h5-10,13H,2-4,11-12,14-15H2,1H3/p+1. The molecule has 1 aliphatic heterocycles. The molecule has 2 heterocycles. The third-order valence-corrected chi connectivity index (χ3v) is 5.65. The van der Waals surface area contributed by atoms with Gasteiger partial charge in [0.15, 0.2) is 5.58 Å². The van der Waals surface area contributed by atoms with Crippen molar-refractivity contribution in [2.24, 2.45) is 0 Å². The highest BCUT2D eigenvalue weighted by Gasteiger charge is 2.24. The van der Waals surface area contributed by atoms with Gasteiger partial charge < -0.3 is 9.15 Å². The maximum Gasteiger partial charge on any atom is 0.336 e. The number of ether oxygens (including phenoxy) is 1. The van der Waals surface area contributed by atoms with Crippen molar-refractivity contribution in [2.75, 3.05) is 13.3 Å². The van der Waals surface area contributed by atoms with E-state index in [1.54, 1.807) is 6.07 Å². The summed E-state index contributed by atoms with van der Waals surface area (Å²) in [7, 11) is 0. The normalized spacial score (nSPS) is 16.0. The molecule has 1 unspecified atom stereocenters. The molecule has 146 valence electrons. The fourth-order valence-corrected chi connectivity index (χ4v) is 3.95. The summed E-state index contributed by atoms with van der Waals surface area (Å²) < 4.78 is 11.6. The molecule has 0 saturated carbocycles. The van der Waals surface area contributed by atoms with Crippen LogP contribution in [-0.4, -0.2) is 13.3 Å². The zero-order valence-electron chi connectivity index (χ0n) is 16.1.